The van der Waals surface area contributed by atoms with E-state index in [1.165, 1.54) is 0 Å². The zero-order valence-electron chi connectivity index (χ0n) is 13.7. The molecule has 10 heteroatoms. The van der Waals surface area contributed by atoms with Crippen molar-refractivity contribution in [3.8, 4) is 0 Å². The monoisotopic (exact) mass is 363 g/mol. The van der Waals surface area contributed by atoms with E-state index in [0.717, 1.165) is 19.0 Å². The first kappa shape index (κ1) is 19.2. The molecule has 1 fully saturated rings. The third-order valence-corrected chi connectivity index (χ3v) is 3.72. The van der Waals surface area contributed by atoms with E-state index >= 15 is 0 Å². The van der Waals surface area contributed by atoms with Crippen molar-refractivity contribution in [3.63, 3.8) is 0 Å². The van der Waals surface area contributed by atoms with Crippen molar-refractivity contribution in [3.05, 3.63) is 22.1 Å². The van der Waals surface area contributed by atoms with E-state index in [1.54, 1.807) is 12.0 Å². The Morgan fingerprint density at radius 1 is 1.48 bits per heavy atom. The number of carbonyl (C=O) groups is 1. The Kier molecular flexibility index (Phi) is 6.40. The van der Waals surface area contributed by atoms with Crippen molar-refractivity contribution >= 4 is 11.7 Å². The smallest absolute Gasteiger partial charge is 0.423 e. The maximum Gasteiger partial charge on any atom is 0.423 e. The number of esters is 1. The van der Waals surface area contributed by atoms with Crippen molar-refractivity contribution in [2.24, 2.45) is 5.92 Å². The van der Waals surface area contributed by atoms with Crippen LogP contribution in [0.5, 0.6) is 0 Å². The summed E-state index contributed by atoms with van der Waals surface area (Å²) in [6.07, 6.45) is -2.06. The first-order valence-electron chi connectivity index (χ1n) is 7.97. The molecule has 25 heavy (non-hydrogen) atoms. The van der Waals surface area contributed by atoms with Crippen LogP contribution < -0.4 is 10.9 Å². The molecule has 1 aromatic rings. The van der Waals surface area contributed by atoms with Gasteiger partial charge in [0.05, 0.1) is 44.2 Å². The molecular weight excluding hydrogens is 343 g/mol. The topological polar surface area (TPSA) is 93.3 Å². The lowest BCUT2D eigenvalue weighted by atomic mass is 10.1. The van der Waals surface area contributed by atoms with Crippen LogP contribution in [0.2, 0.25) is 0 Å². The Hall–Kier alpha value is -2.10. The molecule has 0 unspecified atom stereocenters. The number of rotatable bonds is 9. The summed E-state index contributed by atoms with van der Waals surface area (Å²) in [7, 11) is 0. The summed E-state index contributed by atoms with van der Waals surface area (Å²) in [6, 6.07) is -0.396. The molecule has 0 spiro atoms. The summed E-state index contributed by atoms with van der Waals surface area (Å²) >= 11 is 0. The molecule has 1 atom stereocenters. The summed E-state index contributed by atoms with van der Waals surface area (Å²) in [4.78, 5) is 22.7. The van der Waals surface area contributed by atoms with Crippen LogP contribution in [0.4, 0.5) is 18.9 Å². The normalized spacial score (nSPS) is 15.7. The SMILES string of the molecule is CCOC(=O)CCOC[C@@H](Nc1cn[nH]c(=O)c1C(F)(F)F)C1CC1. The zero-order valence-corrected chi connectivity index (χ0v) is 13.7. The lowest BCUT2D eigenvalue weighted by molar-refractivity contribution is -0.144. The van der Waals surface area contributed by atoms with Crippen LogP contribution in [-0.4, -0.2) is 42.0 Å². The van der Waals surface area contributed by atoms with Gasteiger partial charge in [-0.05, 0) is 25.7 Å². The molecule has 0 aliphatic heterocycles. The van der Waals surface area contributed by atoms with Crippen LogP contribution in [0.3, 0.4) is 0 Å². The first-order chi connectivity index (χ1) is 11.8. The minimum Gasteiger partial charge on any atom is -0.466 e. The fraction of sp³-hybridized carbons (Fsp3) is 0.667. The average molecular weight is 363 g/mol. The maximum atomic E-state index is 13.1. The molecule has 1 saturated carbocycles. The molecule has 0 amide bonds. The lowest BCUT2D eigenvalue weighted by Gasteiger charge is -2.21. The second-order valence-corrected chi connectivity index (χ2v) is 5.70. The van der Waals surface area contributed by atoms with Gasteiger partial charge in [0.2, 0.25) is 0 Å². The summed E-state index contributed by atoms with van der Waals surface area (Å²) in [5.41, 5.74) is -2.97. The quantitative estimate of drug-likeness (QED) is 0.515. The highest BCUT2D eigenvalue weighted by Gasteiger charge is 2.39. The Morgan fingerprint density at radius 2 is 2.20 bits per heavy atom. The highest BCUT2D eigenvalue weighted by Crippen LogP contribution is 2.37. The number of hydrogen-bond acceptors (Lipinski definition) is 6. The highest BCUT2D eigenvalue weighted by molar-refractivity contribution is 5.69. The standard InChI is InChI=1S/C15H20F3N3O4/c1-2-25-12(22)5-6-24-8-11(9-3-4-9)20-10-7-19-21-14(23)13(10)15(16,17)18/h7,9,11H,2-6,8H2,1H3,(H2,20,21,23)/t11-/m1/s1. The summed E-state index contributed by atoms with van der Waals surface area (Å²) < 4.78 is 49.4. The van der Waals surface area contributed by atoms with Crippen LogP contribution in [0.1, 0.15) is 31.7 Å². The number of aromatic amines is 1. The van der Waals surface area contributed by atoms with E-state index in [1.807, 2.05) is 0 Å². The number of carbonyl (C=O) groups excluding carboxylic acids is 1. The number of anilines is 1. The van der Waals surface area contributed by atoms with Gasteiger partial charge in [0.1, 0.15) is 5.56 Å². The van der Waals surface area contributed by atoms with E-state index in [-0.39, 0.29) is 37.8 Å². The molecular formula is C15H20F3N3O4. The number of H-pyrrole nitrogens is 1. The molecule has 1 aliphatic carbocycles. The molecule has 1 aliphatic rings. The van der Waals surface area contributed by atoms with Gasteiger partial charge in [0.15, 0.2) is 0 Å². The number of hydrogen-bond donors (Lipinski definition) is 2. The van der Waals surface area contributed by atoms with Gasteiger partial charge in [-0.2, -0.15) is 18.3 Å². The van der Waals surface area contributed by atoms with E-state index < -0.39 is 29.3 Å². The number of halogens is 3. The van der Waals surface area contributed by atoms with Gasteiger partial charge in [-0.1, -0.05) is 0 Å². The van der Waals surface area contributed by atoms with Crippen LogP contribution in [0.25, 0.3) is 0 Å². The second kappa shape index (κ2) is 8.32. The van der Waals surface area contributed by atoms with Crippen LogP contribution >= 0.6 is 0 Å². The third kappa shape index (κ3) is 5.73. The predicted octanol–water partition coefficient (Wildman–Crippen LogP) is 1.95. The Morgan fingerprint density at radius 3 is 2.80 bits per heavy atom. The molecule has 0 aromatic carbocycles. The van der Waals surface area contributed by atoms with Gasteiger partial charge < -0.3 is 14.8 Å². The molecule has 140 valence electrons. The van der Waals surface area contributed by atoms with Gasteiger partial charge >= 0.3 is 12.1 Å². The minimum atomic E-state index is -4.79. The van der Waals surface area contributed by atoms with Crippen LogP contribution in [0, 0.1) is 5.92 Å². The van der Waals surface area contributed by atoms with Crippen molar-refractivity contribution in [2.75, 3.05) is 25.1 Å². The molecule has 2 N–H and O–H groups in total. The lowest BCUT2D eigenvalue weighted by Crippen LogP contribution is -2.32. The maximum absolute atomic E-state index is 13.1. The minimum absolute atomic E-state index is 0.0750. The number of alkyl halides is 3. The highest BCUT2D eigenvalue weighted by atomic mass is 19.4. The summed E-state index contributed by atoms with van der Waals surface area (Å²) in [6.45, 7) is 2.21. The van der Waals surface area contributed by atoms with Gasteiger partial charge in [0.25, 0.3) is 5.56 Å². The van der Waals surface area contributed by atoms with E-state index in [2.05, 4.69) is 10.4 Å². The number of ether oxygens (including phenoxy) is 2. The van der Waals surface area contributed by atoms with Crippen molar-refractivity contribution < 1.29 is 27.4 Å². The van der Waals surface area contributed by atoms with Gasteiger partial charge in [-0.25, -0.2) is 5.10 Å². The zero-order chi connectivity index (χ0) is 18.4. The Bertz CT molecular complexity index is 644. The first-order valence-corrected chi connectivity index (χ1v) is 7.97. The van der Waals surface area contributed by atoms with Gasteiger partial charge in [-0.3, -0.25) is 9.59 Å². The predicted molar refractivity (Wildman–Crippen MR) is 82.1 cm³/mol. The van der Waals surface area contributed by atoms with E-state index in [0.29, 0.717) is 0 Å². The second-order valence-electron chi connectivity index (χ2n) is 5.70. The number of nitrogens with one attached hydrogen (secondary N) is 2. The fourth-order valence-electron chi connectivity index (χ4n) is 2.38. The van der Waals surface area contributed by atoms with Crippen LogP contribution in [0.15, 0.2) is 11.0 Å². The van der Waals surface area contributed by atoms with Crippen molar-refractivity contribution in [1.82, 2.24) is 10.2 Å². The summed E-state index contributed by atoms with van der Waals surface area (Å²) in [5, 5.41) is 7.95. The summed E-state index contributed by atoms with van der Waals surface area (Å²) in [5.74, 6) is -0.237. The molecule has 0 bridgehead atoms. The molecule has 2 rings (SSSR count). The van der Waals surface area contributed by atoms with Crippen molar-refractivity contribution in [2.45, 2.75) is 38.4 Å². The fourth-order valence-corrected chi connectivity index (χ4v) is 2.38. The average Bonchev–Trinajstić information content (AvgIpc) is 3.34. The number of aromatic nitrogens is 2. The number of nitrogens with zero attached hydrogens (tertiary/aromatic N) is 1. The van der Waals surface area contributed by atoms with Gasteiger partial charge in [0, 0.05) is 0 Å². The van der Waals surface area contributed by atoms with Crippen LogP contribution in [-0.2, 0) is 20.4 Å². The third-order valence-electron chi connectivity index (χ3n) is 3.72. The van der Waals surface area contributed by atoms with E-state index in [9.17, 15) is 22.8 Å². The van der Waals surface area contributed by atoms with Gasteiger partial charge in [-0.15, -0.1) is 0 Å². The Labute approximate surface area is 141 Å². The van der Waals surface area contributed by atoms with E-state index in [4.69, 9.17) is 9.47 Å². The van der Waals surface area contributed by atoms with Crippen molar-refractivity contribution in [1.29, 1.82) is 0 Å². The largest absolute Gasteiger partial charge is 0.466 e. The molecule has 7 nitrogen and oxygen atoms in total. The Balaban J connectivity index is 1.98. The molecule has 0 radical (unpaired) electrons. The molecule has 0 saturated heterocycles. The molecule has 1 aromatic heterocycles. The molecule has 1 heterocycles.